The first-order valence-corrected chi connectivity index (χ1v) is 6.85. The minimum absolute atomic E-state index is 0.180. The van der Waals surface area contributed by atoms with Crippen LogP contribution in [0, 0.1) is 5.82 Å². The van der Waals surface area contributed by atoms with E-state index < -0.39 is 0 Å². The van der Waals surface area contributed by atoms with Crippen LogP contribution in [-0.4, -0.2) is 14.8 Å². The number of pyridine rings is 1. The van der Waals surface area contributed by atoms with Crippen LogP contribution in [0.5, 0.6) is 0 Å². The van der Waals surface area contributed by atoms with Gasteiger partial charge in [-0.25, -0.2) is 9.07 Å². The fraction of sp³-hybridized carbons (Fsp3) is 0. The average molecular weight is 285 g/mol. The van der Waals surface area contributed by atoms with Gasteiger partial charge in [-0.3, -0.25) is 14.9 Å². The van der Waals surface area contributed by atoms with Gasteiger partial charge in [0.1, 0.15) is 10.8 Å². The van der Waals surface area contributed by atoms with E-state index in [-0.39, 0.29) is 11.4 Å². The van der Waals surface area contributed by atoms with Gasteiger partial charge in [0, 0.05) is 11.6 Å². The number of aromatic amines is 1. The molecule has 0 saturated carbocycles. The molecule has 0 atom stereocenters. The van der Waals surface area contributed by atoms with Gasteiger partial charge in [0.25, 0.3) is 5.56 Å². The third-order valence-corrected chi connectivity index (χ3v) is 4.07. The molecule has 0 aliphatic carbocycles. The summed E-state index contributed by atoms with van der Waals surface area (Å²) in [7, 11) is 0. The Morgan fingerprint density at radius 2 is 2.15 bits per heavy atom. The molecule has 4 nitrogen and oxygen atoms in total. The molecule has 1 N–H and O–H groups in total. The highest BCUT2D eigenvalue weighted by Crippen LogP contribution is 2.22. The molecule has 0 bridgehead atoms. The smallest absolute Gasteiger partial charge is 0.281 e. The van der Waals surface area contributed by atoms with Crippen LogP contribution in [-0.2, 0) is 0 Å². The summed E-state index contributed by atoms with van der Waals surface area (Å²) in [5, 5.41) is 6.79. The van der Waals surface area contributed by atoms with Gasteiger partial charge < -0.3 is 0 Å². The third-order valence-electron chi connectivity index (χ3n) is 3.21. The Morgan fingerprint density at radius 1 is 1.25 bits per heavy atom. The Morgan fingerprint density at radius 3 is 2.95 bits per heavy atom. The molecule has 3 aromatic heterocycles. The van der Waals surface area contributed by atoms with Crippen LogP contribution in [0.4, 0.5) is 4.39 Å². The molecule has 0 spiro atoms. The first kappa shape index (κ1) is 11.4. The van der Waals surface area contributed by atoms with Crippen LogP contribution < -0.4 is 5.56 Å². The quantitative estimate of drug-likeness (QED) is 0.584. The molecule has 0 radical (unpaired) electrons. The first-order valence-electron chi connectivity index (χ1n) is 5.97. The second-order valence-corrected chi connectivity index (χ2v) is 5.34. The van der Waals surface area contributed by atoms with E-state index in [9.17, 15) is 9.18 Å². The Bertz CT molecular complexity index is 985. The average Bonchev–Trinajstić information content (AvgIpc) is 3.07. The second-order valence-electron chi connectivity index (χ2n) is 4.41. The molecule has 98 valence electrons. The van der Waals surface area contributed by atoms with Crippen molar-refractivity contribution >= 4 is 33.1 Å². The number of nitrogens with one attached hydrogen (secondary N) is 1. The number of fused-ring (bicyclic) bond motifs is 3. The summed E-state index contributed by atoms with van der Waals surface area (Å²) in [5.74, 6) is -0.350. The molecule has 0 fully saturated rings. The van der Waals surface area contributed by atoms with Crippen LogP contribution in [0.3, 0.4) is 0 Å². The van der Waals surface area contributed by atoms with Gasteiger partial charge in [0.2, 0.25) is 0 Å². The van der Waals surface area contributed by atoms with Crippen molar-refractivity contribution in [2.24, 2.45) is 0 Å². The maximum atomic E-state index is 13.4. The van der Waals surface area contributed by atoms with Gasteiger partial charge in [-0.2, -0.15) is 0 Å². The molecule has 0 aliphatic heterocycles. The van der Waals surface area contributed by atoms with Crippen molar-refractivity contribution < 1.29 is 4.39 Å². The Kier molecular flexibility index (Phi) is 2.28. The van der Waals surface area contributed by atoms with Crippen molar-refractivity contribution in [3.8, 4) is 5.00 Å². The summed E-state index contributed by atoms with van der Waals surface area (Å²) in [6, 6.07) is 8.06. The minimum atomic E-state index is -0.350. The Labute approximate surface area is 116 Å². The standard InChI is InChI=1S/C14H8FN3OS/c15-8-3-4-11-9(6-8)13-10(7-16-11)14(19)18(17-13)12-2-1-5-20-12/h1-7,17H. The molecule has 0 unspecified atom stereocenters. The van der Waals surface area contributed by atoms with E-state index >= 15 is 0 Å². The number of rotatable bonds is 1. The number of nitrogens with zero attached hydrogens (tertiary/aromatic N) is 2. The zero-order valence-corrected chi connectivity index (χ0v) is 10.9. The molecule has 3 heterocycles. The number of aromatic nitrogens is 3. The van der Waals surface area contributed by atoms with Crippen LogP contribution in [0.15, 0.2) is 46.7 Å². The highest BCUT2D eigenvalue weighted by molar-refractivity contribution is 7.12. The lowest BCUT2D eigenvalue weighted by molar-refractivity contribution is 0.629. The molecule has 1 aromatic carbocycles. The summed E-state index contributed by atoms with van der Waals surface area (Å²) in [4.78, 5) is 16.6. The maximum absolute atomic E-state index is 13.4. The van der Waals surface area contributed by atoms with Crippen molar-refractivity contribution in [2.45, 2.75) is 0 Å². The monoisotopic (exact) mass is 285 g/mol. The number of thiophene rings is 1. The summed E-state index contributed by atoms with van der Waals surface area (Å²) in [6.45, 7) is 0. The molecule has 0 aliphatic rings. The van der Waals surface area contributed by atoms with Gasteiger partial charge in [0.05, 0.1) is 16.4 Å². The molecule has 6 heteroatoms. The number of H-pyrrole nitrogens is 1. The number of benzene rings is 1. The summed E-state index contributed by atoms with van der Waals surface area (Å²) >= 11 is 1.45. The van der Waals surface area contributed by atoms with Gasteiger partial charge in [-0.15, -0.1) is 11.3 Å². The minimum Gasteiger partial charge on any atom is -0.289 e. The first-order chi connectivity index (χ1) is 9.74. The zero-order chi connectivity index (χ0) is 13.7. The largest absolute Gasteiger partial charge is 0.289 e. The Hall–Kier alpha value is -2.47. The SMILES string of the molecule is O=c1c2cnc3ccc(F)cc3c2[nH]n1-c1cccs1. The van der Waals surface area contributed by atoms with Crippen molar-refractivity contribution in [3.63, 3.8) is 0 Å². The fourth-order valence-corrected chi connectivity index (χ4v) is 2.97. The van der Waals surface area contributed by atoms with E-state index in [1.165, 1.54) is 34.3 Å². The van der Waals surface area contributed by atoms with Gasteiger partial charge in [-0.1, -0.05) is 0 Å². The zero-order valence-electron chi connectivity index (χ0n) is 10.1. The third kappa shape index (κ3) is 1.51. The van der Waals surface area contributed by atoms with Crippen molar-refractivity contribution in [1.29, 1.82) is 0 Å². The normalized spacial score (nSPS) is 11.4. The molecule has 0 amide bonds. The summed E-state index contributed by atoms with van der Waals surface area (Å²) < 4.78 is 14.9. The maximum Gasteiger partial charge on any atom is 0.281 e. The van der Waals surface area contributed by atoms with E-state index in [0.29, 0.717) is 21.8 Å². The predicted molar refractivity (Wildman–Crippen MR) is 77.0 cm³/mol. The molecule has 4 aromatic rings. The van der Waals surface area contributed by atoms with Crippen LogP contribution in [0.25, 0.3) is 26.8 Å². The van der Waals surface area contributed by atoms with Gasteiger partial charge in [0.15, 0.2) is 0 Å². The molecular weight excluding hydrogens is 277 g/mol. The van der Waals surface area contributed by atoms with Crippen LogP contribution in [0.1, 0.15) is 0 Å². The Balaban J connectivity index is 2.16. The topological polar surface area (TPSA) is 50.7 Å². The van der Waals surface area contributed by atoms with E-state index in [4.69, 9.17) is 0 Å². The van der Waals surface area contributed by atoms with Gasteiger partial charge in [-0.05, 0) is 35.7 Å². The predicted octanol–water partition coefficient (Wildman–Crippen LogP) is 3.07. The van der Waals surface area contributed by atoms with E-state index in [1.807, 2.05) is 17.5 Å². The lowest BCUT2D eigenvalue weighted by atomic mass is 10.2. The second kappa shape index (κ2) is 4.01. The van der Waals surface area contributed by atoms with Crippen molar-refractivity contribution in [3.05, 3.63) is 58.1 Å². The van der Waals surface area contributed by atoms with E-state index in [2.05, 4.69) is 10.1 Å². The number of halogens is 1. The van der Waals surface area contributed by atoms with Crippen LogP contribution in [0.2, 0.25) is 0 Å². The van der Waals surface area contributed by atoms with Crippen molar-refractivity contribution in [2.75, 3.05) is 0 Å². The van der Waals surface area contributed by atoms with Crippen LogP contribution >= 0.6 is 11.3 Å². The van der Waals surface area contributed by atoms with Gasteiger partial charge >= 0.3 is 0 Å². The number of hydrogen-bond acceptors (Lipinski definition) is 3. The molecular formula is C14H8FN3OS. The molecule has 4 rings (SSSR count). The lowest BCUT2D eigenvalue weighted by Crippen LogP contribution is -2.12. The van der Waals surface area contributed by atoms with E-state index in [1.54, 1.807) is 6.07 Å². The highest BCUT2D eigenvalue weighted by Gasteiger charge is 2.12. The number of hydrogen-bond donors (Lipinski definition) is 1. The molecule has 20 heavy (non-hydrogen) atoms. The lowest BCUT2D eigenvalue weighted by Gasteiger charge is -1.98. The highest BCUT2D eigenvalue weighted by atomic mass is 32.1. The summed E-state index contributed by atoms with van der Waals surface area (Å²) in [6.07, 6.45) is 1.53. The van der Waals surface area contributed by atoms with E-state index in [0.717, 1.165) is 5.00 Å². The fourth-order valence-electron chi connectivity index (χ4n) is 2.28. The molecule has 0 saturated heterocycles. The summed E-state index contributed by atoms with van der Waals surface area (Å²) in [5.41, 5.74) is 1.08. The van der Waals surface area contributed by atoms with Crippen molar-refractivity contribution in [1.82, 2.24) is 14.8 Å².